The molecule has 0 saturated carbocycles. The van der Waals surface area contributed by atoms with Crippen LogP contribution in [0.2, 0.25) is 0 Å². The van der Waals surface area contributed by atoms with Crippen molar-refractivity contribution in [3.05, 3.63) is 59.3 Å². The highest BCUT2D eigenvalue weighted by Crippen LogP contribution is 2.33. The Hall–Kier alpha value is -3.86. The molecule has 1 aliphatic rings. The summed E-state index contributed by atoms with van der Waals surface area (Å²) >= 11 is 0. The number of rotatable bonds is 6. The second-order valence-corrected chi connectivity index (χ2v) is 10.2. The number of halogens is 2. The van der Waals surface area contributed by atoms with Gasteiger partial charge in [-0.25, -0.2) is 18.6 Å². The summed E-state index contributed by atoms with van der Waals surface area (Å²) in [5, 5.41) is 11.1. The molecule has 3 aromatic heterocycles. The maximum Gasteiger partial charge on any atom is 0.262 e. The topological polar surface area (TPSA) is 89.6 Å². The number of morpholine rings is 1. The Morgan fingerprint density at radius 1 is 1.16 bits per heavy atom. The van der Waals surface area contributed by atoms with E-state index in [1.165, 1.54) is 16.9 Å². The van der Waals surface area contributed by atoms with Crippen LogP contribution in [-0.2, 0) is 10.3 Å². The highest BCUT2D eigenvalue weighted by molar-refractivity contribution is 6.04. The number of aromatic nitrogens is 5. The van der Waals surface area contributed by atoms with Crippen LogP contribution in [0.5, 0.6) is 0 Å². The number of anilines is 2. The largest absolute Gasteiger partial charge is 0.378 e. The number of hydrogen-bond donors (Lipinski definition) is 1. The third kappa shape index (κ3) is 4.62. The van der Waals surface area contributed by atoms with Crippen molar-refractivity contribution in [2.24, 2.45) is 0 Å². The number of carbonyl (C=O) groups excluding carboxylic acids is 1. The van der Waals surface area contributed by atoms with Gasteiger partial charge in [-0.15, -0.1) is 0 Å². The highest BCUT2D eigenvalue weighted by atomic mass is 19.1. The van der Waals surface area contributed by atoms with E-state index in [1.807, 2.05) is 40.0 Å². The van der Waals surface area contributed by atoms with E-state index < -0.39 is 23.2 Å². The van der Waals surface area contributed by atoms with Crippen molar-refractivity contribution in [2.75, 3.05) is 36.5 Å². The summed E-state index contributed by atoms with van der Waals surface area (Å²) in [6.45, 7) is 11.8. The smallest absolute Gasteiger partial charge is 0.262 e. The first kappa shape index (κ1) is 25.8. The van der Waals surface area contributed by atoms with Crippen molar-refractivity contribution in [1.82, 2.24) is 24.4 Å². The van der Waals surface area contributed by atoms with Crippen molar-refractivity contribution >= 4 is 22.9 Å². The van der Waals surface area contributed by atoms with Gasteiger partial charge in [0.1, 0.15) is 17.2 Å². The third-order valence-corrected chi connectivity index (χ3v) is 7.14. The molecule has 1 aromatic carbocycles. The molecular formula is C27H31F2N7O2. The van der Waals surface area contributed by atoms with Gasteiger partial charge in [0.2, 0.25) is 5.95 Å². The number of fused-ring (bicyclic) bond motifs is 1. The lowest BCUT2D eigenvalue weighted by atomic mass is 10.00. The predicted molar refractivity (Wildman–Crippen MR) is 141 cm³/mol. The first-order valence-electron chi connectivity index (χ1n) is 12.6. The normalized spacial score (nSPS) is 14.3. The van der Waals surface area contributed by atoms with Crippen molar-refractivity contribution in [3.63, 3.8) is 0 Å². The first-order chi connectivity index (χ1) is 18.1. The maximum absolute atomic E-state index is 15.1. The number of aryl methyl sites for hydroxylation is 2. The lowest BCUT2D eigenvalue weighted by Gasteiger charge is -2.29. The molecule has 0 unspecified atom stereocenters. The summed E-state index contributed by atoms with van der Waals surface area (Å²) in [4.78, 5) is 19.8. The lowest BCUT2D eigenvalue weighted by molar-refractivity contribution is 0.102. The number of carbonyl (C=O) groups is 1. The van der Waals surface area contributed by atoms with E-state index in [0.29, 0.717) is 49.7 Å². The van der Waals surface area contributed by atoms with Gasteiger partial charge in [0.25, 0.3) is 5.91 Å². The quantitative estimate of drug-likeness (QED) is 0.393. The minimum Gasteiger partial charge on any atom is -0.378 e. The minimum absolute atomic E-state index is 0.0553. The van der Waals surface area contributed by atoms with Gasteiger partial charge in [-0.05, 0) is 63.4 Å². The molecule has 1 N–H and O–H groups in total. The average molecular weight is 524 g/mol. The maximum atomic E-state index is 15.1. The summed E-state index contributed by atoms with van der Waals surface area (Å²) in [6, 6.07) is 4.92. The molecule has 4 heterocycles. The standard InChI is InChI=1S/C27H31F2N7O2/c1-6-27(4,5)36-24(29)20(14-30-36)26(37)32-22-13-19(16(2)11-21(22)28)18-12-23(34-7-9-38-10-8-34)25-31-17(3)33-35(25)15-18/h11-15H,6-10H2,1-5H3,(H,32,37). The second kappa shape index (κ2) is 9.79. The fourth-order valence-electron chi connectivity index (χ4n) is 4.59. The molecule has 38 heavy (non-hydrogen) atoms. The van der Waals surface area contributed by atoms with Crippen molar-refractivity contribution < 1.29 is 18.3 Å². The number of hydrogen-bond acceptors (Lipinski definition) is 6. The van der Waals surface area contributed by atoms with Crippen LogP contribution >= 0.6 is 0 Å². The van der Waals surface area contributed by atoms with E-state index in [0.717, 1.165) is 16.9 Å². The van der Waals surface area contributed by atoms with Crippen LogP contribution in [0.25, 0.3) is 16.8 Å². The summed E-state index contributed by atoms with van der Waals surface area (Å²) in [7, 11) is 0. The zero-order valence-electron chi connectivity index (χ0n) is 22.2. The van der Waals surface area contributed by atoms with Gasteiger partial charge < -0.3 is 15.0 Å². The Morgan fingerprint density at radius 2 is 1.89 bits per heavy atom. The van der Waals surface area contributed by atoms with E-state index in [1.54, 1.807) is 17.5 Å². The number of ether oxygens (including phenoxy) is 1. The van der Waals surface area contributed by atoms with E-state index in [2.05, 4.69) is 25.4 Å². The van der Waals surface area contributed by atoms with Crippen LogP contribution < -0.4 is 10.2 Å². The van der Waals surface area contributed by atoms with Crippen LogP contribution in [0, 0.1) is 25.6 Å². The highest BCUT2D eigenvalue weighted by Gasteiger charge is 2.27. The molecule has 1 fully saturated rings. The predicted octanol–water partition coefficient (Wildman–Crippen LogP) is 4.72. The van der Waals surface area contributed by atoms with Crippen LogP contribution in [-0.4, -0.2) is 56.6 Å². The van der Waals surface area contributed by atoms with Gasteiger partial charge in [0.05, 0.1) is 36.3 Å². The Morgan fingerprint density at radius 3 is 2.61 bits per heavy atom. The molecule has 0 atom stereocenters. The van der Waals surface area contributed by atoms with Crippen LogP contribution in [0.1, 0.15) is 48.9 Å². The number of amides is 1. The van der Waals surface area contributed by atoms with Gasteiger partial charge in [0, 0.05) is 24.8 Å². The van der Waals surface area contributed by atoms with E-state index in [9.17, 15) is 4.79 Å². The number of pyridine rings is 1. The average Bonchev–Trinajstić information content (AvgIpc) is 3.47. The van der Waals surface area contributed by atoms with Crippen LogP contribution in [0.3, 0.4) is 0 Å². The Bertz CT molecular complexity index is 1520. The summed E-state index contributed by atoms with van der Waals surface area (Å²) in [6.07, 6.45) is 3.62. The molecule has 0 spiro atoms. The fourth-order valence-corrected chi connectivity index (χ4v) is 4.59. The van der Waals surface area contributed by atoms with Gasteiger partial charge in [-0.1, -0.05) is 6.92 Å². The summed E-state index contributed by atoms with van der Waals surface area (Å²) < 4.78 is 38.5. The molecule has 9 nitrogen and oxygen atoms in total. The van der Waals surface area contributed by atoms with Crippen LogP contribution in [0.15, 0.2) is 30.6 Å². The zero-order valence-corrected chi connectivity index (χ0v) is 22.2. The molecular weight excluding hydrogens is 492 g/mol. The molecule has 0 bridgehead atoms. The van der Waals surface area contributed by atoms with Gasteiger partial charge in [-0.2, -0.15) is 14.6 Å². The monoisotopic (exact) mass is 523 g/mol. The Labute approximate surface area is 219 Å². The second-order valence-electron chi connectivity index (χ2n) is 10.2. The SMILES string of the molecule is CCC(C)(C)n1ncc(C(=O)Nc2cc(-c3cc(N4CCOCC4)c4nc(C)nn4c3)c(C)cc2F)c1F. The van der Waals surface area contributed by atoms with Gasteiger partial charge in [0.15, 0.2) is 5.65 Å². The number of benzene rings is 1. The molecule has 1 saturated heterocycles. The zero-order chi connectivity index (χ0) is 27.2. The number of nitrogens with zero attached hydrogens (tertiary/aromatic N) is 6. The van der Waals surface area contributed by atoms with E-state index in [4.69, 9.17) is 4.74 Å². The Kier molecular flexibility index (Phi) is 6.64. The lowest BCUT2D eigenvalue weighted by Crippen LogP contribution is -2.36. The summed E-state index contributed by atoms with van der Waals surface area (Å²) in [5.74, 6) is -1.52. The molecule has 11 heteroatoms. The first-order valence-corrected chi connectivity index (χ1v) is 12.6. The van der Waals surface area contributed by atoms with Crippen LogP contribution in [0.4, 0.5) is 20.2 Å². The summed E-state index contributed by atoms with van der Waals surface area (Å²) in [5.41, 5.74) is 2.87. The molecule has 1 amide bonds. The number of nitrogens with one attached hydrogen (secondary N) is 1. The molecule has 4 aromatic rings. The van der Waals surface area contributed by atoms with Crippen molar-refractivity contribution in [2.45, 2.75) is 46.6 Å². The molecule has 1 aliphatic heterocycles. The molecule has 0 radical (unpaired) electrons. The fraction of sp³-hybridized carbons (Fsp3) is 0.407. The minimum atomic E-state index is -0.772. The van der Waals surface area contributed by atoms with Gasteiger partial charge in [-0.3, -0.25) is 4.79 Å². The van der Waals surface area contributed by atoms with Crippen molar-refractivity contribution in [3.8, 4) is 11.1 Å². The van der Waals surface area contributed by atoms with Crippen molar-refractivity contribution in [1.29, 1.82) is 0 Å². The van der Waals surface area contributed by atoms with Gasteiger partial charge >= 0.3 is 0 Å². The van der Waals surface area contributed by atoms with E-state index in [-0.39, 0.29) is 11.3 Å². The Balaban J connectivity index is 1.53. The third-order valence-electron chi connectivity index (χ3n) is 7.14. The molecule has 200 valence electrons. The molecule has 0 aliphatic carbocycles. The van der Waals surface area contributed by atoms with E-state index >= 15 is 8.78 Å². The molecule has 5 rings (SSSR count).